The number of amides is 1. The van der Waals surface area contributed by atoms with Crippen LogP contribution in [-0.2, 0) is 16.1 Å². The average molecular weight is 398 g/mol. The van der Waals surface area contributed by atoms with E-state index in [2.05, 4.69) is 4.98 Å². The van der Waals surface area contributed by atoms with E-state index in [9.17, 15) is 14.4 Å². The molecule has 4 rings (SSSR count). The molecular formula is C21H26N4O4. The zero-order valence-corrected chi connectivity index (χ0v) is 16.3. The number of hydrogen-bond acceptors (Lipinski definition) is 5. The lowest BCUT2D eigenvalue weighted by atomic mass is 10.1. The summed E-state index contributed by atoms with van der Waals surface area (Å²) >= 11 is 0. The molecule has 2 aromatic rings. The smallest absolute Gasteiger partial charge is 0.330 e. The van der Waals surface area contributed by atoms with Gasteiger partial charge in [-0.2, -0.15) is 0 Å². The van der Waals surface area contributed by atoms with E-state index >= 15 is 0 Å². The van der Waals surface area contributed by atoms with E-state index in [1.165, 1.54) is 9.47 Å². The standard InChI is InChI=1S/C21H26N4O4/c22-18-17(19(26)23-21(28)24(18)13-14-7-2-1-3-8-14)25(15-9-4-5-10-15)20(27)16-11-6-12-29-16/h1-3,7-8,15-16H,4-6,9-13,22H2,(H,23,26,28). The maximum atomic E-state index is 13.3. The highest BCUT2D eigenvalue weighted by molar-refractivity contribution is 5.99. The van der Waals surface area contributed by atoms with E-state index < -0.39 is 17.4 Å². The molecule has 2 fully saturated rings. The zero-order valence-electron chi connectivity index (χ0n) is 16.3. The van der Waals surface area contributed by atoms with E-state index in [0.717, 1.165) is 37.7 Å². The van der Waals surface area contributed by atoms with Gasteiger partial charge in [-0.25, -0.2) is 4.79 Å². The number of aromatic nitrogens is 2. The van der Waals surface area contributed by atoms with Gasteiger partial charge < -0.3 is 10.5 Å². The monoisotopic (exact) mass is 398 g/mol. The molecule has 1 aromatic heterocycles. The van der Waals surface area contributed by atoms with Crippen LogP contribution in [0.25, 0.3) is 0 Å². The van der Waals surface area contributed by atoms with Crippen molar-refractivity contribution < 1.29 is 9.53 Å². The number of nitrogens with one attached hydrogen (secondary N) is 1. The van der Waals surface area contributed by atoms with Gasteiger partial charge in [-0.05, 0) is 31.2 Å². The Kier molecular flexibility index (Phi) is 5.53. The number of carbonyl (C=O) groups is 1. The van der Waals surface area contributed by atoms with Gasteiger partial charge in [0.2, 0.25) is 0 Å². The number of nitrogens with two attached hydrogens (primary N) is 1. The van der Waals surface area contributed by atoms with Gasteiger partial charge >= 0.3 is 5.69 Å². The largest absolute Gasteiger partial charge is 0.383 e. The van der Waals surface area contributed by atoms with Crippen LogP contribution < -0.4 is 21.9 Å². The van der Waals surface area contributed by atoms with E-state index in [1.54, 1.807) is 0 Å². The molecule has 1 unspecified atom stereocenters. The van der Waals surface area contributed by atoms with Crippen molar-refractivity contribution in [1.82, 2.24) is 9.55 Å². The lowest BCUT2D eigenvalue weighted by molar-refractivity contribution is -0.127. The summed E-state index contributed by atoms with van der Waals surface area (Å²) in [6.07, 6.45) is 4.45. The minimum absolute atomic E-state index is 0.0147. The quantitative estimate of drug-likeness (QED) is 0.795. The summed E-state index contributed by atoms with van der Waals surface area (Å²) in [5.41, 5.74) is 6.06. The molecule has 1 saturated heterocycles. The van der Waals surface area contributed by atoms with Crippen molar-refractivity contribution in [2.45, 2.75) is 57.2 Å². The Labute approximate surface area is 168 Å². The number of anilines is 2. The Hall–Kier alpha value is -2.87. The highest BCUT2D eigenvalue weighted by atomic mass is 16.5. The molecule has 8 nitrogen and oxygen atoms in total. The SMILES string of the molecule is Nc1c(N(C(=O)C2CCCO2)C2CCCC2)c(=O)[nH]c(=O)n1Cc1ccccc1. The van der Waals surface area contributed by atoms with Gasteiger partial charge in [0.15, 0.2) is 5.69 Å². The van der Waals surface area contributed by atoms with Crippen molar-refractivity contribution >= 4 is 17.4 Å². The molecule has 0 bridgehead atoms. The first kappa shape index (κ1) is 19.4. The normalized spacial score (nSPS) is 19.5. The number of aromatic amines is 1. The Morgan fingerprint density at radius 2 is 1.86 bits per heavy atom. The molecule has 1 aliphatic carbocycles. The number of nitrogen functional groups attached to an aromatic ring is 1. The first-order chi connectivity index (χ1) is 14.1. The minimum atomic E-state index is -0.630. The van der Waals surface area contributed by atoms with Crippen molar-refractivity contribution in [3.05, 3.63) is 56.7 Å². The molecule has 2 aliphatic rings. The van der Waals surface area contributed by atoms with Gasteiger partial charge in [0.25, 0.3) is 11.5 Å². The lowest BCUT2D eigenvalue weighted by Crippen LogP contribution is -2.49. The summed E-state index contributed by atoms with van der Waals surface area (Å²) in [5, 5.41) is 0. The second-order valence-electron chi connectivity index (χ2n) is 7.71. The molecule has 2 heterocycles. The summed E-state index contributed by atoms with van der Waals surface area (Å²) in [6.45, 7) is 0.746. The second kappa shape index (κ2) is 8.24. The third-order valence-corrected chi connectivity index (χ3v) is 5.77. The first-order valence-corrected chi connectivity index (χ1v) is 10.2. The van der Waals surface area contributed by atoms with Gasteiger partial charge in [-0.1, -0.05) is 43.2 Å². The highest BCUT2D eigenvalue weighted by Crippen LogP contribution is 2.31. The molecule has 0 radical (unpaired) electrons. The van der Waals surface area contributed by atoms with E-state index in [-0.39, 0.29) is 30.0 Å². The van der Waals surface area contributed by atoms with Crippen LogP contribution >= 0.6 is 0 Å². The van der Waals surface area contributed by atoms with Crippen LogP contribution in [-0.4, -0.2) is 34.2 Å². The van der Waals surface area contributed by atoms with Crippen LogP contribution in [0, 0.1) is 0 Å². The highest BCUT2D eigenvalue weighted by Gasteiger charge is 2.37. The maximum absolute atomic E-state index is 13.3. The number of rotatable bonds is 5. The van der Waals surface area contributed by atoms with Gasteiger partial charge in [0.1, 0.15) is 11.9 Å². The molecule has 1 aliphatic heterocycles. The summed E-state index contributed by atoms with van der Waals surface area (Å²) < 4.78 is 6.91. The van der Waals surface area contributed by atoms with Crippen LogP contribution in [0.1, 0.15) is 44.1 Å². The fourth-order valence-corrected chi connectivity index (χ4v) is 4.30. The number of nitrogens with zero attached hydrogens (tertiary/aromatic N) is 2. The molecule has 8 heteroatoms. The Morgan fingerprint density at radius 3 is 2.52 bits per heavy atom. The van der Waals surface area contributed by atoms with Crippen molar-refractivity contribution in [2.75, 3.05) is 17.2 Å². The molecule has 154 valence electrons. The molecule has 1 aromatic carbocycles. The van der Waals surface area contributed by atoms with Crippen molar-refractivity contribution in [1.29, 1.82) is 0 Å². The fraction of sp³-hybridized carbons (Fsp3) is 0.476. The Morgan fingerprint density at radius 1 is 1.14 bits per heavy atom. The number of benzene rings is 1. The summed E-state index contributed by atoms with van der Waals surface area (Å²) in [4.78, 5) is 42.5. The topological polar surface area (TPSA) is 110 Å². The van der Waals surface area contributed by atoms with Gasteiger partial charge in [-0.3, -0.25) is 24.0 Å². The zero-order chi connectivity index (χ0) is 20.4. The molecule has 3 N–H and O–H groups in total. The number of hydrogen-bond donors (Lipinski definition) is 2. The van der Waals surface area contributed by atoms with Crippen molar-refractivity contribution in [2.24, 2.45) is 0 Å². The van der Waals surface area contributed by atoms with E-state index in [4.69, 9.17) is 10.5 Å². The molecule has 0 spiro atoms. The van der Waals surface area contributed by atoms with E-state index in [0.29, 0.717) is 13.0 Å². The Bertz CT molecular complexity index is 986. The molecule has 1 amide bonds. The minimum Gasteiger partial charge on any atom is -0.383 e. The number of ether oxygens (including phenoxy) is 1. The number of H-pyrrole nitrogens is 1. The maximum Gasteiger partial charge on any atom is 0.330 e. The number of carbonyl (C=O) groups excluding carboxylic acids is 1. The third kappa shape index (κ3) is 3.85. The van der Waals surface area contributed by atoms with Crippen LogP contribution in [0.2, 0.25) is 0 Å². The van der Waals surface area contributed by atoms with E-state index in [1.807, 2.05) is 30.3 Å². The average Bonchev–Trinajstić information content (AvgIpc) is 3.43. The van der Waals surface area contributed by atoms with Gasteiger partial charge in [-0.15, -0.1) is 0 Å². The molecular weight excluding hydrogens is 372 g/mol. The molecule has 1 atom stereocenters. The lowest BCUT2D eigenvalue weighted by Gasteiger charge is -2.31. The van der Waals surface area contributed by atoms with Crippen LogP contribution in [0.5, 0.6) is 0 Å². The van der Waals surface area contributed by atoms with Crippen LogP contribution in [0.15, 0.2) is 39.9 Å². The van der Waals surface area contributed by atoms with Gasteiger partial charge in [0.05, 0.1) is 6.54 Å². The molecule has 1 saturated carbocycles. The van der Waals surface area contributed by atoms with Gasteiger partial charge in [0, 0.05) is 12.6 Å². The summed E-state index contributed by atoms with van der Waals surface area (Å²) in [7, 11) is 0. The van der Waals surface area contributed by atoms with Crippen molar-refractivity contribution in [3.63, 3.8) is 0 Å². The Balaban J connectivity index is 1.79. The molecule has 29 heavy (non-hydrogen) atoms. The van der Waals surface area contributed by atoms with Crippen LogP contribution in [0.4, 0.5) is 11.5 Å². The summed E-state index contributed by atoms with van der Waals surface area (Å²) in [5.74, 6) is -0.225. The predicted octanol–water partition coefficient (Wildman–Crippen LogP) is 1.62. The first-order valence-electron chi connectivity index (χ1n) is 10.2. The summed E-state index contributed by atoms with van der Waals surface area (Å²) in [6, 6.07) is 9.27. The predicted molar refractivity (Wildman–Crippen MR) is 110 cm³/mol. The van der Waals surface area contributed by atoms with Crippen LogP contribution in [0.3, 0.4) is 0 Å². The fourth-order valence-electron chi connectivity index (χ4n) is 4.30. The second-order valence-corrected chi connectivity index (χ2v) is 7.71. The third-order valence-electron chi connectivity index (χ3n) is 5.77. The van der Waals surface area contributed by atoms with Crippen molar-refractivity contribution in [3.8, 4) is 0 Å².